The Bertz CT molecular complexity index is 557. The van der Waals surface area contributed by atoms with Crippen molar-refractivity contribution in [2.45, 2.75) is 13.0 Å². The normalized spacial score (nSPS) is 10.4. The Hall–Kier alpha value is -1.59. The molecule has 2 rings (SSSR count). The summed E-state index contributed by atoms with van der Waals surface area (Å²) in [5, 5.41) is 0.514. The number of nitrogens with zero attached hydrogens (tertiary/aromatic N) is 2. The molecule has 19 heavy (non-hydrogen) atoms. The number of hydrogen-bond acceptors (Lipinski definition) is 3. The number of aromatic nitrogens is 2. The van der Waals surface area contributed by atoms with Gasteiger partial charge in [-0.2, -0.15) is 0 Å². The smallest absolute Gasteiger partial charge is 0.120 e. The minimum absolute atomic E-state index is 0.289. The third-order valence-electron chi connectivity index (χ3n) is 2.59. The third kappa shape index (κ3) is 3.94. The van der Waals surface area contributed by atoms with Crippen LogP contribution in [0.2, 0.25) is 5.02 Å². The second-order valence-electron chi connectivity index (χ2n) is 4.01. The van der Waals surface area contributed by atoms with Crippen LogP contribution in [0.25, 0.3) is 0 Å². The van der Waals surface area contributed by atoms with E-state index in [0.29, 0.717) is 17.2 Å². The van der Waals surface area contributed by atoms with E-state index in [1.165, 1.54) is 0 Å². The fraction of sp³-hybridized carbons (Fsp3) is 0.231. The Morgan fingerprint density at radius 1 is 1.47 bits per heavy atom. The van der Waals surface area contributed by atoms with Crippen molar-refractivity contribution in [3.8, 4) is 5.75 Å². The van der Waals surface area contributed by atoms with Gasteiger partial charge in [-0.15, -0.1) is 0 Å². The Morgan fingerprint density at radius 3 is 2.95 bits per heavy atom. The zero-order valence-corrected chi connectivity index (χ0v) is 11.8. The van der Waals surface area contributed by atoms with Crippen LogP contribution in [0.4, 0.5) is 0 Å². The van der Waals surface area contributed by atoms with Gasteiger partial charge in [0.2, 0.25) is 0 Å². The lowest BCUT2D eigenvalue weighted by molar-refractivity contribution is 0.302. The quantitative estimate of drug-likeness (QED) is 0.657. The third-order valence-corrected chi connectivity index (χ3v) is 3.13. The lowest BCUT2D eigenvalue weighted by atomic mass is 10.2. The minimum Gasteiger partial charge on any atom is -0.493 e. The van der Waals surface area contributed by atoms with Crippen molar-refractivity contribution < 1.29 is 4.74 Å². The fourth-order valence-corrected chi connectivity index (χ4v) is 2.15. The van der Waals surface area contributed by atoms with Crippen molar-refractivity contribution in [1.82, 2.24) is 9.55 Å². The molecule has 1 heterocycles. The van der Waals surface area contributed by atoms with Crippen molar-refractivity contribution in [1.29, 1.82) is 0 Å². The summed E-state index contributed by atoms with van der Waals surface area (Å²) in [6.45, 7) is 1.49. The van der Waals surface area contributed by atoms with Crippen LogP contribution >= 0.6 is 23.8 Å². The van der Waals surface area contributed by atoms with Gasteiger partial charge < -0.3 is 15.0 Å². The summed E-state index contributed by atoms with van der Waals surface area (Å²) in [5.74, 6) is 0.718. The SMILES string of the molecule is NC(=S)c1ccc(OCCCn2ccnc2)cc1Cl. The van der Waals surface area contributed by atoms with E-state index < -0.39 is 0 Å². The first-order valence-corrected chi connectivity index (χ1v) is 6.63. The largest absolute Gasteiger partial charge is 0.493 e. The monoisotopic (exact) mass is 295 g/mol. The maximum Gasteiger partial charge on any atom is 0.120 e. The summed E-state index contributed by atoms with van der Waals surface area (Å²) in [4.78, 5) is 4.27. The summed E-state index contributed by atoms with van der Waals surface area (Å²) < 4.78 is 7.62. The van der Waals surface area contributed by atoms with Gasteiger partial charge >= 0.3 is 0 Å². The molecule has 0 aliphatic heterocycles. The zero-order chi connectivity index (χ0) is 13.7. The highest BCUT2D eigenvalue weighted by molar-refractivity contribution is 7.80. The molecule has 0 amide bonds. The highest BCUT2D eigenvalue weighted by atomic mass is 35.5. The molecule has 0 fully saturated rings. The lowest BCUT2D eigenvalue weighted by Crippen LogP contribution is -2.10. The maximum absolute atomic E-state index is 6.06. The summed E-state index contributed by atoms with van der Waals surface area (Å²) in [6.07, 6.45) is 6.36. The Morgan fingerprint density at radius 2 is 2.32 bits per heavy atom. The molecule has 2 aromatic rings. The fourth-order valence-electron chi connectivity index (χ4n) is 1.64. The van der Waals surface area contributed by atoms with Gasteiger partial charge in [-0.05, 0) is 24.6 Å². The molecule has 0 unspecified atom stereocenters. The highest BCUT2D eigenvalue weighted by Crippen LogP contribution is 2.22. The Kier molecular flexibility index (Phi) is 4.76. The van der Waals surface area contributed by atoms with Crippen LogP contribution in [-0.2, 0) is 6.54 Å². The van der Waals surface area contributed by atoms with E-state index in [0.717, 1.165) is 18.7 Å². The summed E-state index contributed by atoms with van der Waals surface area (Å²) in [7, 11) is 0. The van der Waals surface area contributed by atoms with Crippen LogP contribution < -0.4 is 10.5 Å². The van der Waals surface area contributed by atoms with E-state index >= 15 is 0 Å². The second-order valence-corrected chi connectivity index (χ2v) is 4.86. The van der Waals surface area contributed by atoms with Crippen LogP contribution in [0.1, 0.15) is 12.0 Å². The molecule has 100 valence electrons. The average molecular weight is 296 g/mol. The molecule has 0 saturated carbocycles. The number of aryl methyl sites for hydroxylation is 1. The molecular formula is C13H14ClN3OS. The molecule has 4 nitrogen and oxygen atoms in total. The van der Waals surface area contributed by atoms with Gasteiger partial charge in [-0.25, -0.2) is 4.98 Å². The van der Waals surface area contributed by atoms with Crippen molar-refractivity contribution in [3.05, 3.63) is 47.5 Å². The molecule has 0 spiro atoms. The van der Waals surface area contributed by atoms with Crippen LogP contribution in [0.5, 0.6) is 5.75 Å². The summed E-state index contributed by atoms with van der Waals surface area (Å²) in [5.41, 5.74) is 6.21. The van der Waals surface area contributed by atoms with E-state index in [2.05, 4.69) is 4.98 Å². The Balaban J connectivity index is 1.83. The number of imidazole rings is 1. The van der Waals surface area contributed by atoms with E-state index in [1.807, 2.05) is 16.8 Å². The summed E-state index contributed by atoms with van der Waals surface area (Å²) in [6, 6.07) is 5.32. The van der Waals surface area contributed by atoms with Crippen molar-refractivity contribution >= 4 is 28.8 Å². The Labute approximate surface area is 122 Å². The first kappa shape index (κ1) is 13.8. The first-order chi connectivity index (χ1) is 9.16. The van der Waals surface area contributed by atoms with Crippen molar-refractivity contribution in [2.24, 2.45) is 5.73 Å². The molecule has 6 heteroatoms. The standard InChI is InChI=1S/C13H14ClN3OS/c14-12-8-10(2-3-11(12)13(15)19)18-7-1-5-17-6-4-16-9-17/h2-4,6,8-9H,1,5,7H2,(H2,15,19). The molecule has 2 N–H and O–H groups in total. The average Bonchev–Trinajstić information content (AvgIpc) is 2.87. The van der Waals surface area contributed by atoms with E-state index in [-0.39, 0.29) is 4.99 Å². The van der Waals surface area contributed by atoms with Crippen LogP contribution in [0.15, 0.2) is 36.9 Å². The second kappa shape index (κ2) is 6.54. The predicted molar refractivity (Wildman–Crippen MR) is 79.7 cm³/mol. The number of hydrogen-bond donors (Lipinski definition) is 1. The maximum atomic E-state index is 6.06. The molecule has 0 aliphatic carbocycles. The first-order valence-electron chi connectivity index (χ1n) is 5.84. The predicted octanol–water partition coefficient (Wildman–Crippen LogP) is 2.64. The van der Waals surface area contributed by atoms with Crippen LogP contribution in [-0.4, -0.2) is 21.1 Å². The van der Waals surface area contributed by atoms with E-state index in [4.69, 9.17) is 34.3 Å². The van der Waals surface area contributed by atoms with Gasteiger partial charge in [0, 0.05) is 24.5 Å². The molecule has 1 aromatic heterocycles. The van der Waals surface area contributed by atoms with Gasteiger partial charge in [0.05, 0.1) is 18.0 Å². The molecule has 0 aliphatic rings. The summed E-state index contributed by atoms with van der Waals surface area (Å²) >= 11 is 10.9. The number of thiocarbonyl (C=S) groups is 1. The van der Waals surface area contributed by atoms with Gasteiger partial charge in [-0.3, -0.25) is 0 Å². The molecular weight excluding hydrogens is 282 g/mol. The van der Waals surface area contributed by atoms with Gasteiger partial charge in [0.25, 0.3) is 0 Å². The number of rotatable bonds is 6. The van der Waals surface area contributed by atoms with Crippen molar-refractivity contribution in [3.63, 3.8) is 0 Å². The van der Waals surface area contributed by atoms with E-state index in [1.54, 1.807) is 24.7 Å². The van der Waals surface area contributed by atoms with E-state index in [9.17, 15) is 0 Å². The molecule has 0 atom stereocenters. The van der Waals surface area contributed by atoms with Crippen molar-refractivity contribution in [2.75, 3.05) is 6.61 Å². The lowest BCUT2D eigenvalue weighted by Gasteiger charge is -2.08. The van der Waals surface area contributed by atoms with Crippen LogP contribution in [0.3, 0.4) is 0 Å². The van der Waals surface area contributed by atoms with Gasteiger partial charge in [0.1, 0.15) is 10.7 Å². The molecule has 1 aromatic carbocycles. The molecule has 0 radical (unpaired) electrons. The number of nitrogens with two attached hydrogens (primary N) is 1. The number of benzene rings is 1. The molecule has 0 bridgehead atoms. The van der Waals surface area contributed by atoms with Gasteiger partial charge in [-0.1, -0.05) is 23.8 Å². The highest BCUT2D eigenvalue weighted by Gasteiger charge is 2.04. The zero-order valence-electron chi connectivity index (χ0n) is 10.3. The van der Waals surface area contributed by atoms with Gasteiger partial charge in [0.15, 0.2) is 0 Å². The van der Waals surface area contributed by atoms with Crippen LogP contribution in [0, 0.1) is 0 Å². The number of halogens is 1. The molecule has 0 saturated heterocycles. The minimum atomic E-state index is 0.289. The number of ether oxygens (including phenoxy) is 1. The topological polar surface area (TPSA) is 53.1 Å².